The van der Waals surface area contributed by atoms with Gasteiger partial charge in [0.15, 0.2) is 0 Å². The summed E-state index contributed by atoms with van der Waals surface area (Å²) in [5.41, 5.74) is 3.26. The Hall–Kier alpha value is -2.62. The van der Waals surface area contributed by atoms with E-state index in [1.54, 1.807) is 12.3 Å². The molecule has 0 bridgehead atoms. The van der Waals surface area contributed by atoms with E-state index < -0.39 is 0 Å². The number of hydrogen-bond donors (Lipinski definition) is 2. The first kappa shape index (κ1) is 18.2. The van der Waals surface area contributed by atoms with E-state index in [1.807, 2.05) is 43.3 Å². The van der Waals surface area contributed by atoms with Crippen molar-refractivity contribution in [2.45, 2.75) is 45.1 Å². The molecule has 2 N–H and O–H groups in total. The first-order chi connectivity index (χ1) is 12.7. The molecule has 0 saturated carbocycles. The molecule has 1 heterocycles. The molecule has 4 heteroatoms. The maximum absolute atomic E-state index is 12.5. The van der Waals surface area contributed by atoms with Crippen LogP contribution in [0.2, 0.25) is 0 Å². The molecule has 26 heavy (non-hydrogen) atoms. The summed E-state index contributed by atoms with van der Waals surface area (Å²) >= 11 is 0. The number of aromatic nitrogens is 1. The predicted octanol–water partition coefficient (Wildman–Crippen LogP) is 4.88. The monoisotopic (exact) mass is 349 g/mol. The Kier molecular flexibility index (Phi) is 6.42. The fourth-order valence-electron chi connectivity index (χ4n) is 3.26. The highest BCUT2D eigenvalue weighted by Gasteiger charge is 2.12. The molecule has 1 amide bonds. The zero-order chi connectivity index (χ0) is 18.2. The summed E-state index contributed by atoms with van der Waals surface area (Å²) in [6.45, 7) is 2.84. The molecule has 4 nitrogen and oxygen atoms in total. The fourth-order valence-corrected chi connectivity index (χ4v) is 3.26. The van der Waals surface area contributed by atoms with E-state index in [0.717, 1.165) is 24.3 Å². The Labute approximate surface area is 155 Å². The lowest BCUT2D eigenvalue weighted by atomic mass is 9.97. The van der Waals surface area contributed by atoms with Gasteiger partial charge in [-0.3, -0.25) is 4.79 Å². The molecule has 0 fully saturated rings. The predicted molar refractivity (Wildman–Crippen MR) is 106 cm³/mol. The third-order valence-corrected chi connectivity index (χ3v) is 4.81. The maximum Gasteiger partial charge on any atom is 0.251 e. The number of rotatable bonds is 7. The molecule has 136 valence electrons. The number of nitrogens with zero attached hydrogens (tertiary/aromatic N) is 1. The number of benzene rings is 1. The van der Waals surface area contributed by atoms with Crippen LogP contribution >= 0.6 is 0 Å². The molecule has 0 radical (unpaired) electrons. The first-order valence-corrected chi connectivity index (χ1v) is 9.46. The molecular weight excluding hydrogens is 322 g/mol. The molecule has 3 rings (SSSR count). The van der Waals surface area contributed by atoms with Gasteiger partial charge in [0.05, 0.1) is 6.04 Å². The van der Waals surface area contributed by atoms with Crippen LogP contribution < -0.4 is 10.6 Å². The second kappa shape index (κ2) is 9.18. The molecule has 0 spiro atoms. The second-order valence-electron chi connectivity index (χ2n) is 6.82. The molecule has 1 aromatic heterocycles. The van der Waals surface area contributed by atoms with Crippen LogP contribution in [-0.4, -0.2) is 17.4 Å². The lowest BCUT2D eigenvalue weighted by Gasteiger charge is -2.15. The molecule has 1 unspecified atom stereocenters. The third-order valence-electron chi connectivity index (χ3n) is 4.81. The van der Waals surface area contributed by atoms with Crippen molar-refractivity contribution in [1.29, 1.82) is 0 Å². The van der Waals surface area contributed by atoms with Crippen molar-refractivity contribution in [2.75, 3.05) is 11.9 Å². The van der Waals surface area contributed by atoms with Gasteiger partial charge in [0, 0.05) is 18.3 Å². The normalized spacial score (nSPS) is 15.0. The van der Waals surface area contributed by atoms with Gasteiger partial charge in [-0.2, -0.15) is 0 Å². The number of carbonyl (C=O) groups is 1. The average molecular weight is 349 g/mol. The van der Waals surface area contributed by atoms with Gasteiger partial charge in [-0.15, -0.1) is 0 Å². The van der Waals surface area contributed by atoms with Gasteiger partial charge >= 0.3 is 0 Å². The van der Waals surface area contributed by atoms with Gasteiger partial charge in [-0.25, -0.2) is 4.98 Å². The van der Waals surface area contributed by atoms with Gasteiger partial charge in [-0.1, -0.05) is 42.0 Å². The average Bonchev–Trinajstić information content (AvgIpc) is 2.69. The minimum Gasteiger partial charge on any atom is -0.370 e. The van der Waals surface area contributed by atoms with Crippen LogP contribution in [0.3, 0.4) is 0 Å². The van der Waals surface area contributed by atoms with Crippen LogP contribution in [0, 0.1) is 0 Å². The Bertz CT molecular complexity index is 755. The lowest BCUT2D eigenvalue weighted by molar-refractivity contribution is 0.0940. The van der Waals surface area contributed by atoms with Gasteiger partial charge in [0.25, 0.3) is 5.91 Å². The number of pyridine rings is 1. The van der Waals surface area contributed by atoms with Crippen LogP contribution in [0.1, 0.15) is 61.0 Å². The Morgan fingerprint density at radius 2 is 2.04 bits per heavy atom. The van der Waals surface area contributed by atoms with E-state index in [-0.39, 0.29) is 11.9 Å². The summed E-state index contributed by atoms with van der Waals surface area (Å²) in [6.07, 6.45) is 10.1. The van der Waals surface area contributed by atoms with Crippen LogP contribution in [0.4, 0.5) is 5.82 Å². The highest BCUT2D eigenvalue weighted by Crippen LogP contribution is 2.20. The number of amides is 1. The van der Waals surface area contributed by atoms with Gasteiger partial charge in [0.1, 0.15) is 5.82 Å². The Balaban J connectivity index is 1.54. The molecule has 2 aromatic rings. The zero-order valence-electron chi connectivity index (χ0n) is 15.4. The quantitative estimate of drug-likeness (QED) is 0.701. The fraction of sp³-hybridized carbons (Fsp3) is 0.364. The van der Waals surface area contributed by atoms with E-state index >= 15 is 0 Å². The maximum atomic E-state index is 12.5. The first-order valence-electron chi connectivity index (χ1n) is 9.46. The van der Waals surface area contributed by atoms with Gasteiger partial charge < -0.3 is 10.6 Å². The van der Waals surface area contributed by atoms with Crippen molar-refractivity contribution in [2.24, 2.45) is 0 Å². The topological polar surface area (TPSA) is 54.0 Å². The standard InChI is InChI=1S/C22H27N3O/c1-17(19-10-6-3-7-11-19)25-22(26)20-13-15-24-21(16-20)23-14-12-18-8-4-2-5-9-18/h3,6-8,10-11,13,15-17H,2,4-5,9,12,14H2,1H3,(H,23,24)(H,25,26). The highest BCUT2D eigenvalue weighted by atomic mass is 16.1. The van der Waals surface area contributed by atoms with Gasteiger partial charge in [-0.05, 0) is 56.7 Å². The van der Waals surface area contributed by atoms with Crippen molar-refractivity contribution in [3.8, 4) is 0 Å². The number of anilines is 1. The SMILES string of the molecule is CC(NC(=O)c1ccnc(NCCC2=CCCCC2)c1)c1ccccc1. The van der Waals surface area contributed by atoms with Crippen LogP contribution in [0.15, 0.2) is 60.3 Å². The summed E-state index contributed by atoms with van der Waals surface area (Å²) in [5.74, 6) is 0.670. The van der Waals surface area contributed by atoms with Crippen LogP contribution in [0.5, 0.6) is 0 Å². The molecule has 0 saturated heterocycles. The van der Waals surface area contributed by atoms with E-state index in [9.17, 15) is 4.79 Å². The number of hydrogen-bond acceptors (Lipinski definition) is 3. The van der Waals surface area contributed by atoms with Crippen molar-refractivity contribution < 1.29 is 4.79 Å². The minimum absolute atomic E-state index is 0.0356. The number of nitrogens with one attached hydrogen (secondary N) is 2. The van der Waals surface area contributed by atoms with Crippen molar-refractivity contribution in [3.05, 3.63) is 71.4 Å². The summed E-state index contributed by atoms with van der Waals surface area (Å²) < 4.78 is 0. The van der Waals surface area contributed by atoms with Crippen molar-refractivity contribution in [3.63, 3.8) is 0 Å². The van der Waals surface area contributed by atoms with E-state index in [2.05, 4.69) is 21.7 Å². The summed E-state index contributed by atoms with van der Waals surface area (Å²) in [7, 11) is 0. The largest absolute Gasteiger partial charge is 0.370 e. The summed E-state index contributed by atoms with van der Waals surface area (Å²) in [4.78, 5) is 16.9. The van der Waals surface area contributed by atoms with E-state index in [1.165, 1.54) is 31.3 Å². The van der Waals surface area contributed by atoms with Crippen LogP contribution in [0.25, 0.3) is 0 Å². The second-order valence-corrected chi connectivity index (χ2v) is 6.82. The summed E-state index contributed by atoms with van der Waals surface area (Å²) in [6, 6.07) is 13.5. The highest BCUT2D eigenvalue weighted by molar-refractivity contribution is 5.95. The third kappa shape index (κ3) is 5.19. The van der Waals surface area contributed by atoms with Gasteiger partial charge in [0.2, 0.25) is 0 Å². The Morgan fingerprint density at radius 3 is 2.81 bits per heavy atom. The molecule has 1 aliphatic rings. The smallest absolute Gasteiger partial charge is 0.251 e. The Morgan fingerprint density at radius 1 is 1.19 bits per heavy atom. The van der Waals surface area contributed by atoms with Crippen molar-refractivity contribution in [1.82, 2.24) is 10.3 Å². The molecule has 0 aliphatic heterocycles. The molecular formula is C22H27N3O. The van der Waals surface area contributed by atoms with E-state index in [4.69, 9.17) is 0 Å². The molecule has 1 aliphatic carbocycles. The number of carbonyl (C=O) groups excluding carboxylic acids is 1. The van der Waals surface area contributed by atoms with Crippen LogP contribution in [-0.2, 0) is 0 Å². The zero-order valence-corrected chi connectivity index (χ0v) is 15.4. The molecule has 1 aromatic carbocycles. The number of allylic oxidation sites excluding steroid dienone is 1. The minimum atomic E-state index is -0.0817. The van der Waals surface area contributed by atoms with Crippen molar-refractivity contribution >= 4 is 11.7 Å². The molecule has 1 atom stereocenters. The van der Waals surface area contributed by atoms with E-state index in [0.29, 0.717) is 5.56 Å². The summed E-state index contributed by atoms with van der Waals surface area (Å²) in [5, 5.41) is 6.38. The lowest BCUT2D eigenvalue weighted by Crippen LogP contribution is -2.26.